The third-order valence-corrected chi connectivity index (χ3v) is 3.80. The third kappa shape index (κ3) is 2.71. The van der Waals surface area contributed by atoms with Gasteiger partial charge < -0.3 is 10.1 Å². The van der Waals surface area contributed by atoms with E-state index in [1.54, 1.807) is 0 Å². The highest BCUT2D eigenvalue weighted by Crippen LogP contribution is 2.27. The highest BCUT2D eigenvalue weighted by Gasteiger charge is 2.29. The van der Waals surface area contributed by atoms with Crippen molar-refractivity contribution in [3.8, 4) is 0 Å². The molecule has 1 saturated carbocycles. The fourth-order valence-corrected chi connectivity index (χ4v) is 2.36. The van der Waals surface area contributed by atoms with Gasteiger partial charge in [0.2, 0.25) is 0 Å². The van der Waals surface area contributed by atoms with Gasteiger partial charge in [-0.25, -0.2) is 0 Å². The first-order valence-corrected chi connectivity index (χ1v) is 6.11. The van der Waals surface area contributed by atoms with Crippen molar-refractivity contribution in [1.29, 1.82) is 0 Å². The normalized spacial score (nSPS) is 32.6. The molecule has 0 bridgehead atoms. The van der Waals surface area contributed by atoms with Crippen LogP contribution in [0.5, 0.6) is 0 Å². The first kappa shape index (κ1) is 10.4. The molecule has 2 fully saturated rings. The van der Waals surface area contributed by atoms with Gasteiger partial charge in [0, 0.05) is 25.3 Å². The molecule has 2 rings (SSSR count). The van der Waals surface area contributed by atoms with Crippen LogP contribution in [0.15, 0.2) is 0 Å². The van der Waals surface area contributed by atoms with Gasteiger partial charge in [-0.2, -0.15) is 0 Å². The smallest absolute Gasteiger partial charge is 0.0497 e. The maximum Gasteiger partial charge on any atom is 0.0497 e. The number of nitrogens with one attached hydrogen (secondary N) is 1. The van der Waals surface area contributed by atoms with Crippen LogP contribution in [0.1, 0.15) is 39.5 Å². The Morgan fingerprint density at radius 1 is 1.21 bits per heavy atom. The molecule has 2 nitrogen and oxygen atoms in total. The lowest BCUT2D eigenvalue weighted by molar-refractivity contribution is 0.0272. The molecular formula is C12H23NO. The van der Waals surface area contributed by atoms with E-state index in [9.17, 15) is 0 Å². The largest absolute Gasteiger partial charge is 0.381 e. The average Bonchev–Trinajstić information content (AvgIpc) is 3.02. The summed E-state index contributed by atoms with van der Waals surface area (Å²) >= 11 is 0. The van der Waals surface area contributed by atoms with E-state index in [-0.39, 0.29) is 0 Å². The maximum atomic E-state index is 5.55. The monoisotopic (exact) mass is 197 g/mol. The molecule has 0 amide bonds. The number of rotatable bonds is 4. The van der Waals surface area contributed by atoms with Gasteiger partial charge in [-0.1, -0.05) is 6.92 Å². The zero-order valence-electron chi connectivity index (χ0n) is 9.46. The van der Waals surface area contributed by atoms with Crippen LogP contribution in [0, 0.1) is 11.8 Å². The van der Waals surface area contributed by atoms with Gasteiger partial charge in [0.25, 0.3) is 0 Å². The molecule has 0 aromatic rings. The summed E-state index contributed by atoms with van der Waals surface area (Å²) in [6, 6.07) is 1.49. The van der Waals surface area contributed by atoms with Gasteiger partial charge in [0.15, 0.2) is 0 Å². The highest BCUT2D eigenvalue weighted by atomic mass is 16.5. The van der Waals surface area contributed by atoms with Crippen molar-refractivity contribution in [2.24, 2.45) is 11.8 Å². The predicted octanol–water partition coefficient (Wildman–Crippen LogP) is 2.19. The SMILES string of the molecule is CC(NC1CC1)C(C)C1CCCOC1. The van der Waals surface area contributed by atoms with E-state index in [1.807, 2.05) is 0 Å². The van der Waals surface area contributed by atoms with E-state index in [4.69, 9.17) is 4.74 Å². The van der Waals surface area contributed by atoms with Crippen molar-refractivity contribution >= 4 is 0 Å². The molecule has 14 heavy (non-hydrogen) atoms. The molecule has 1 saturated heterocycles. The summed E-state index contributed by atoms with van der Waals surface area (Å²) in [5, 5.41) is 3.70. The number of hydrogen-bond donors (Lipinski definition) is 1. The second kappa shape index (κ2) is 4.63. The summed E-state index contributed by atoms with van der Waals surface area (Å²) < 4.78 is 5.55. The lowest BCUT2D eigenvalue weighted by Gasteiger charge is -2.32. The van der Waals surface area contributed by atoms with E-state index < -0.39 is 0 Å². The highest BCUT2D eigenvalue weighted by molar-refractivity contribution is 4.86. The fraction of sp³-hybridized carbons (Fsp3) is 1.00. The molecule has 3 atom stereocenters. The minimum absolute atomic E-state index is 0.661. The van der Waals surface area contributed by atoms with Gasteiger partial charge in [-0.15, -0.1) is 0 Å². The quantitative estimate of drug-likeness (QED) is 0.746. The van der Waals surface area contributed by atoms with Crippen molar-refractivity contribution in [3.05, 3.63) is 0 Å². The molecule has 0 aromatic carbocycles. The standard InChI is InChI=1S/C12H23NO/c1-9(10(2)13-12-5-6-12)11-4-3-7-14-8-11/h9-13H,3-8H2,1-2H3. The van der Waals surface area contributed by atoms with E-state index in [2.05, 4.69) is 19.2 Å². The van der Waals surface area contributed by atoms with Gasteiger partial charge in [-0.05, 0) is 44.4 Å². The van der Waals surface area contributed by atoms with E-state index in [0.717, 1.165) is 31.1 Å². The summed E-state index contributed by atoms with van der Waals surface area (Å²) in [4.78, 5) is 0. The molecule has 0 radical (unpaired) electrons. The van der Waals surface area contributed by atoms with Crippen LogP contribution >= 0.6 is 0 Å². The Balaban J connectivity index is 1.75. The summed E-state index contributed by atoms with van der Waals surface area (Å²) in [5.41, 5.74) is 0. The van der Waals surface area contributed by atoms with Crippen LogP contribution in [0.4, 0.5) is 0 Å². The molecule has 0 spiro atoms. The Bertz CT molecular complexity index is 173. The van der Waals surface area contributed by atoms with E-state index in [1.165, 1.54) is 25.7 Å². The van der Waals surface area contributed by atoms with Gasteiger partial charge >= 0.3 is 0 Å². The molecule has 82 valence electrons. The lowest BCUT2D eigenvalue weighted by Crippen LogP contribution is -2.39. The predicted molar refractivity (Wildman–Crippen MR) is 58.3 cm³/mol. The van der Waals surface area contributed by atoms with Crippen LogP contribution < -0.4 is 5.32 Å². The summed E-state index contributed by atoms with van der Waals surface area (Å²) in [5.74, 6) is 1.54. The molecule has 0 aromatic heterocycles. The number of ether oxygens (including phenoxy) is 1. The van der Waals surface area contributed by atoms with E-state index >= 15 is 0 Å². The molecule has 1 aliphatic carbocycles. The van der Waals surface area contributed by atoms with Crippen LogP contribution in [-0.4, -0.2) is 25.3 Å². The van der Waals surface area contributed by atoms with Crippen molar-refractivity contribution in [2.75, 3.05) is 13.2 Å². The topological polar surface area (TPSA) is 21.3 Å². The fourth-order valence-electron chi connectivity index (χ4n) is 2.36. The second-order valence-corrected chi connectivity index (χ2v) is 5.07. The molecule has 1 heterocycles. The number of hydrogen-bond acceptors (Lipinski definition) is 2. The summed E-state index contributed by atoms with van der Waals surface area (Å²) in [6.07, 6.45) is 5.39. The minimum atomic E-state index is 0.661. The first-order valence-electron chi connectivity index (χ1n) is 6.11. The lowest BCUT2D eigenvalue weighted by atomic mass is 9.84. The van der Waals surface area contributed by atoms with Gasteiger partial charge in [0.1, 0.15) is 0 Å². The van der Waals surface area contributed by atoms with Crippen molar-refractivity contribution < 1.29 is 4.74 Å². The molecule has 1 aliphatic heterocycles. The van der Waals surface area contributed by atoms with Gasteiger partial charge in [-0.3, -0.25) is 0 Å². The summed E-state index contributed by atoms with van der Waals surface area (Å²) in [7, 11) is 0. The molecule has 1 N–H and O–H groups in total. The Hall–Kier alpha value is -0.0800. The second-order valence-electron chi connectivity index (χ2n) is 5.07. The van der Waals surface area contributed by atoms with Crippen LogP contribution in [0.2, 0.25) is 0 Å². The zero-order valence-corrected chi connectivity index (χ0v) is 9.46. The molecule has 3 unspecified atom stereocenters. The molecule has 2 heteroatoms. The zero-order chi connectivity index (χ0) is 9.97. The Morgan fingerprint density at radius 2 is 2.00 bits per heavy atom. The van der Waals surface area contributed by atoms with Crippen LogP contribution in [0.25, 0.3) is 0 Å². The van der Waals surface area contributed by atoms with Crippen LogP contribution in [0.3, 0.4) is 0 Å². The van der Waals surface area contributed by atoms with Crippen LogP contribution in [-0.2, 0) is 4.74 Å². The Kier molecular flexibility index (Phi) is 3.45. The van der Waals surface area contributed by atoms with Crippen molar-refractivity contribution in [1.82, 2.24) is 5.32 Å². The van der Waals surface area contributed by atoms with Crippen molar-refractivity contribution in [2.45, 2.75) is 51.6 Å². The Morgan fingerprint density at radius 3 is 2.57 bits per heavy atom. The van der Waals surface area contributed by atoms with Gasteiger partial charge in [0.05, 0.1) is 0 Å². The van der Waals surface area contributed by atoms with E-state index in [0.29, 0.717) is 6.04 Å². The average molecular weight is 197 g/mol. The van der Waals surface area contributed by atoms with Crippen molar-refractivity contribution in [3.63, 3.8) is 0 Å². The Labute approximate surface area is 87.4 Å². The molecular weight excluding hydrogens is 174 g/mol. The third-order valence-electron chi connectivity index (χ3n) is 3.80. The maximum absolute atomic E-state index is 5.55. The first-order chi connectivity index (χ1) is 6.77. The summed E-state index contributed by atoms with van der Waals surface area (Å²) in [6.45, 7) is 6.67. The minimum Gasteiger partial charge on any atom is -0.381 e. The molecule has 2 aliphatic rings.